The Balaban J connectivity index is 2.75. The molecule has 2 N–H and O–H groups in total. The van der Waals surface area contributed by atoms with Gasteiger partial charge in [0.15, 0.2) is 0 Å². The molecule has 0 unspecified atom stereocenters. The zero-order valence-corrected chi connectivity index (χ0v) is 11.8. The van der Waals surface area contributed by atoms with Crippen molar-refractivity contribution in [3.63, 3.8) is 0 Å². The quantitative estimate of drug-likeness (QED) is 0.596. The van der Waals surface area contributed by atoms with Crippen molar-refractivity contribution in [2.24, 2.45) is 0 Å². The van der Waals surface area contributed by atoms with E-state index in [1.165, 1.54) is 12.2 Å². The second-order valence-electron chi connectivity index (χ2n) is 4.13. The Labute approximate surface area is 128 Å². The van der Waals surface area contributed by atoms with Crippen LogP contribution >= 0.6 is 0 Å². The third-order valence-corrected chi connectivity index (χ3v) is 2.47. The molecule has 1 aromatic carbocycles. The molecule has 22 heavy (non-hydrogen) atoms. The molecule has 1 rings (SSSR count). The Hall–Kier alpha value is -3.14. The molecule has 0 atom stereocenters. The maximum Gasteiger partial charge on any atom is 0.328 e. The molecule has 0 spiro atoms. The minimum atomic E-state index is -0.989. The van der Waals surface area contributed by atoms with Gasteiger partial charge in [-0.1, -0.05) is 72.9 Å². The topological polar surface area (TPSA) is 74.6 Å². The van der Waals surface area contributed by atoms with Gasteiger partial charge in [0, 0.05) is 12.2 Å². The number of carboxylic acid groups (broad SMARTS) is 2. The molecule has 0 radical (unpaired) electrons. The second kappa shape index (κ2) is 9.72. The highest BCUT2D eigenvalue weighted by Gasteiger charge is 1.92. The van der Waals surface area contributed by atoms with Gasteiger partial charge in [-0.15, -0.1) is 0 Å². The maximum atomic E-state index is 10.4. The van der Waals surface area contributed by atoms with Crippen LogP contribution in [0.2, 0.25) is 0 Å². The lowest BCUT2D eigenvalue weighted by molar-refractivity contribution is -0.132. The molecule has 4 heteroatoms. The molecule has 0 saturated heterocycles. The summed E-state index contributed by atoms with van der Waals surface area (Å²) in [6.07, 6.45) is 15.5. The summed E-state index contributed by atoms with van der Waals surface area (Å²) in [5.74, 6) is -1.98. The van der Waals surface area contributed by atoms with Gasteiger partial charge < -0.3 is 10.2 Å². The first kappa shape index (κ1) is 16.9. The highest BCUT2D eigenvalue weighted by Crippen LogP contribution is 2.12. The molecule has 0 saturated carbocycles. The van der Waals surface area contributed by atoms with E-state index in [0.29, 0.717) is 0 Å². The smallest absolute Gasteiger partial charge is 0.328 e. The fourth-order valence-corrected chi connectivity index (χ4v) is 1.54. The number of hydrogen-bond donors (Lipinski definition) is 2. The average Bonchev–Trinajstić information content (AvgIpc) is 2.48. The third kappa shape index (κ3) is 7.45. The van der Waals surface area contributed by atoms with Crippen molar-refractivity contribution in [2.45, 2.75) is 0 Å². The first-order valence-electron chi connectivity index (χ1n) is 6.50. The lowest BCUT2D eigenvalue weighted by Crippen LogP contribution is -1.84. The molecule has 112 valence electrons. The number of carbonyl (C=O) groups is 2. The van der Waals surface area contributed by atoms with E-state index >= 15 is 0 Å². The Bertz CT molecular complexity index is 661. The van der Waals surface area contributed by atoms with Crippen molar-refractivity contribution in [1.82, 2.24) is 0 Å². The Morgan fingerprint density at radius 2 is 1.09 bits per heavy atom. The van der Waals surface area contributed by atoms with E-state index in [1.807, 2.05) is 36.4 Å². The standard InChI is InChI=1S/C18H16O4/c19-17(20)13-4-2-1-3-9-15-10-5-6-11-16(15)12-7-8-14-18(21)22/h1-14H,(H,19,20)(H,21,22)/b2-1+,9-3?,12-7?,13-4?,14-8?. The van der Waals surface area contributed by atoms with Crippen LogP contribution in [0, 0.1) is 0 Å². The summed E-state index contributed by atoms with van der Waals surface area (Å²) in [4.78, 5) is 20.6. The minimum Gasteiger partial charge on any atom is -0.478 e. The number of rotatable bonds is 7. The SMILES string of the molecule is O=C(O)C=CC=Cc1ccccc1C=C/C=C/C=CC(=O)O. The van der Waals surface area contributed by atoms with Crippen LogP contribution in [0.15, 0.2) is 72.9 Å². The molecule has 4 nitrogen and oxygen atoms in total. The summed E-state index contributed by atoms with van der Waals surface area (Å²) in [6.45, 7) is 0. The summed E-state index contributed by atoms with van der Waals surface area (Å²) in [5, 5.41) is 16.9. The predicted octanol–water partition coefficient (Wildman–Crippen LogP) is 3.55. The lowest BCUT2D eigenvalue weighted by Gasteiger charge is -1.98. The molecule has 1 aromatic rings. The Morgan fingerprint density at radius 1 is 0.682 bits per heavy atom. The van der Waals surface area contributed by atoms with Crippen LogP contribution in [0.4, 0.5) is 0 Å². The van der Waals surface area contributed by atoms with Gasteiger partial charge in [-0.05, 0) is 11.1 Å². The zero-order chi connectivity index (χ0) is 16.2. The monoisotopic (exact) mass is 296 g/mol. The fourth-order valence-electron chi connectivity index (χ4n) is 1.54. The van der Waals surface area contributed by atoms with Crippen molar-refractivity contribution in [1.29, 1.82) is 0 Å². The van der Waals surface area contributed by atoms with Crippen molar-refractivity contribution in [3.8, 4) is 0 Å². The number of allylic oxidation sites excluding steroid dienone is 6. The van der Waals surface area contributed by atoms with Crippen LogP contribution in [0.25, 0.3) is 12.2 Å². The summed E-state index contributed by atoms with van der Waals surface area (Å²) in [6, 6.07) is 7.64. The summed E-state index contributed by atoms with van der Waals surface area (Å²) in [7, 11) is 0. The molecular weight excluding hydrogens is 280 g/mol. The summed E-state index contributed by atoms with van der Waals surface area (Å²) >= 11 is 0. The molecule has 0 aliphatic carbocycles. The molecule has 0 heterocycles. The van der Waals surface area contributed by atoms with Crippen molar-refractivity contribution in [2.75, 3.05) is 0 Å². The van der Waals surface area contributed by atoms with Crippen LogP contribution < -0.4 is 0 Å². The van der Waals surface area contributed by atoms with Gasteiger partial charge in [0.2, 0.25) is 0 Å². The van der Waals surface area contributed by atoms with Gasteiger partial charge in [0.1, 0.15) is 0 Å². The van der Waals surface area contributed by atoms with Crippen LogP contribution in [0.5, 0.6) is 0 Å². The summed E-state index contributed by atoms with van der Waals surface area (Å²) in [5.41, 5.74) is 1.91. The van der Waals surface area contributed by atoms with Gasteiger partial charge in [0.25, 0.3) is 0 Å². The van der Waals surface area contributed by atoms with Crippen molar-refractivity contribution in [3.05, 3.63) is 84.0 Å². The summed E-state index contributed by atoms with van der Waals surface area (Å²) < 4.78 is 0. The van der Waals surface area contributed by atoms with Crippen LogP contribution in [-0.2, 0) is 9.59 Å². The van der Waals surface area contributed by atoms with E-state index in [2.05, 4.69) is 0 Å². The molecule has 0 bridgehead atoms. The van der Waals surface area contributed by atoms with Crippen LogP contribution in [-0.4, -0.2) is 22.2 Å². The van der Waals surface area contributed by atoms with E-state index < -0.39 is 11.9 Å². The first-order chi connectivity index (χ1) is 10.6. The molecule has 0 fully saturated rings. The Kier molecular flexibility index (Phi) is 7.47. The van der Waals surface area contributed by atoms with Crippen LogP contribution in [0.3, 0.4) is 0 Å². The van der Waals surface area contributed by atoms with E-state index in [1.54, 1.807) is 24.3 Å². The largest absolute Gasteiger partial charge is 0.478 e. The van der Waals surface area contributed by atoms with Gasteiger partial charge in [0.05, 0.1) is 0 Å². The highest BCUT2D eigenvalue weighted by molar-refractivity contribution is 5.80. The zero-order valence-electron chi connectivity index (χ0n) is 11.8. The van der Waals surface area contributed by atoms with E-state index in [-0.39, 0.29) is 0 Å². The third-order valence-electron chi connectivity index (χ3n) is 2.47. The first-order valence-corrected chi connectivity index (χ1v) is 6.50. The van der Waals surface area contributed by atoms with Gasteiger partial charge in [-0.3, -0.25) is 0 Å². The molecule has 0 aliphatic heterocycles. The van der Waals surface area contributed by atoms with E-state index in [4.69, 9.17) is 10.2 Å². The van der Waals surface area contributed by atoms with Gasteiger partial charge in [-0.2, -0.15) is 0 Å². The normalized spacial score (nSPS) is 12.4. The number of hydrogen-bond acceptors (Lipinski definition) is 2. The van der Waals surface area contributed by atoms with Crippen molar-refractivity contribution >= 4 is 24.1 Å². The second-order valence-corrected chi connectivity index (χ2v) is 4.13. The lowest BCUT2D eigenvalue weighted by atomic mass is 10.1. The molecule has 0 aliphatic rings. The number of benzene rings is 1. The van der Waals surface area contributed by atoms with Gasteiger partial charge >= 0.3 is 11.9 Å². The molecule has 0 aromatic heterocycles. The molecular formula is C18H16O4. The number of carboxylic acids is 2. The molecule has 0 amide bonds. The van der Waals surface area contributed by atoms with Crippen molar-refractivity contribution < 1.29 is 19.8 Å². The highest BCUT2D eigenvalue weighted by atomic mass is 16.4. The Morgan fingerprint density at radius 3 is 1.59 bits per heavy atom. The fraction of sp³-hybridized carbons (Fsp3) is 0. The van der Waals surface area contributed by atoms with Crippen LogP contribution in [0.1, 0.15) is 11.1 Å². The van der Waals surface area contributed by atoms with E-state index in [0.717, 1.165) is 23.3 Å². The average molecular weight is 296 g/mol. The minimum absolute atomic E-state index is 0.947. The maximum absolute atomic E-state index is 10.4. The number of aliphatic carboxylic acids is 2. The van der Waals surface area contributed by atoms with E-state index in [9.17, 15) is 9.59 Å². The predicted molar refractivity (Wildman–Crippen MR) is 87.2 cm³/mol. The van der Waals surface area contributed by atoms with Gasteiger partial charge in [-0.25, -0.2) is 9.59 Å².